The third-order valence-corrected chi connectivity index (χ3v) is 5.11. The highest BCUT2D eigenvalue weighted by Gasteiger charge is 2.49. The third-order valence-electron chi connectivity index (χ3n) is 4.76. The van der Waals surface area contributed by atoms with Gasteiger partial charge in [0.15, 0.2) is 5.78 Å². The van der Waals surface area contributed by atoms with E-state index in [0.717, 1.165) is 6.42 Å². The van der Waals surface area contributed by atoms with E-state index in [4.69, 9.17) is 4.55 Å². The zero-order valence-electron chi connectivity index (χ0n) is 13.0. The van der Waals surface area contributed by atoms with Crippen LogP contribution in [0.4, 0.5) is 4.79 Å². The number of amides is 3. The van der Waals surface area contributed by atoms with Crippen molar-refractivity contribution in [1.82, 2.24) is 15.3 Å². The Morgan fingerprint density at radius 2 is 2.04 bits per heavy atom. The number of fused-ring (bicyclic) bond motifs is 2. The predicted octanol–water partition coefficient (Wildman–Crippen LogP) is -0.669. The average molecular weight is 361 g/mol. The number of carbonyl (C=O) groups is 3. The summed E-state index contributed by atoms with van der Waals surface area (Å²) in [6, 6.07) is -2.12. The fourth-order valence-corrected chi connectivity index (χ4v) is 3.69. The normalized spacial score (nSPS) is 32.0. The van der Waals surface area contributed by atoms with Gasteiger partial charge in [-0.15, -0.1) is 4.28 Å². The van der Waals surface area contributed by atoms with Gasteiger partial charge in [-0.2, -0.15) is 13.5 Å². The minimum atomic E-state index is -4.81. The molecule has 3 amide bonds. The fraction of sp³-hybridized carbons (Fsp3) is 0.769. The molecule has 3 rings (SSSR count). The molecule has 4 atom stereocenters. The van der Waals surface area contributed by atoms with E-state index in [1.165, 1.54) is 4.90 Å². The molecule has 1 aliphatic carbocycles. The maximum Gasteiger partial charge on any atom is 0.418 e. The predicted molar refractivity (Wildman–Crippen MR) is 78.7 cm³/mol. The van der Waals surface area contributed by atoms with Crippen molar-refractivity contribution in [2.45, 2.75) is 38.3 Å². The number of carbonyl (C=O) groups excluding carboxylic acids is 3. The summed E-state index contributed by atoms with van der Waals surface area (Å²) in [5.74, 6) is -0.102. The molecule has 2 aliphatic heterocycles. The van der Waals surface area contributed by atoms with E-state index in [1.807, 2.05) is 6.92 Å². The summed E-state index contributed by atoms with van der Waals surface area (Å²) in [5.41, 5.74) is 0. The van der Waals surface area contributed by atoms with Crippen molar-refractivity contribution in [3.05, 3.63) is 0 Å². The monoisotopic (exact) mass is 361 g/mol. The van der Waals surface area contributed by atoms with Crippen molar-refractivity contribution in [3.63, 3.8) is 0 Å². The number of nitrogens with one attached hydrogen (secondary N) is 1. The van der Waals surface area contributed by atoms with Gasteiger partial charge in [0, 0.05) is 12.5 Å². The topological polar surface area (TPSA) is 133 Å². The number of piperidine rings is 1. The van der Waals surface area contributed by atoms with Crippen LogP contribution in [-0.2, 0) is 24.3 Å². The Morgan fingerprint density at radius 3 is 2.62 bits per heavy atom. The van der Waals surface area contributed by atoms with Crippen LogP contribution >= 0.6 is 0 Å². The Hall–Kier alpha value is -1.72. The highest BCUT2D eigenvalue weighted by atomic mass is 32.3. The molecule has 10 nitrogen and oxygen atoms in total. The van der Waals surface area contributed by atoms with Crippen LogP contribution in [0.2, 0.25) is 0 Å². The van der Waals surface area contributed by atoms with Crippen LogP contribution in [0.15, 0.2) is 0 Å². The summed E-state index contributed by atoms with van der Waals surface area (Å²) in [4.78, 5) is 37.5. The quantitative estimate of drug-likeness (QED) is 0.599. The third kappa shape index (κ3) is 3.37. The van der Waals surface area contributed by atoms with E-state index < -0.39 is 34.4 Å². The Labute approximate surface area is 139 Å². The standard InChI is InChI=1S/C13H19N3O7S/c1-7-4-9(7)11(17)5-14-12(18)10-3-2-8-6-15(10)13(19)16(8)23-24(20,21)22/h7-10H,2-6H2,1H3,(H,14,18)(H,20,21,22)/t7?,8-,9?,10+/m1/s1. The maximum absolute atomic E-state index is 12.3. The van der Waals surface area contributed by atoms with Crippen LogP contribution in [0.5, 0.6) is 0 Å². The van der Waals surface area contributed by atoms with Crippen molar-refractivity contribution in [1.29, 1.82) is 0 Å². The van der Waals surface area contributed by atoms with Gasteiger partial charge >= 0.3 is 16.4 Å². The van der Waals surface area contributed by atoms with E-state index >= 15 is 0 Å². The summed E-state index contributed by atoms with van der Waals surface area (Å²) in [6.07, 6.45) is 1.51. The fourth-order valence-electron chi connectivity index (χ4n) is 3.30. The molecule has 0 aromatic carbocycles. The average Bonchev–Trinajstić information content (AvgIpc) is 3.20. The Bertz CT molecular complexity index is 679. The number of urea groups is 1. The molecule has 134 valence electrons. The maximum atomic E-state index is 12.3. The van der Waals surface area contributed by atoms with Gasteiger partial charge in [-0.25, -0.2) is 4.79 Å². The first-order chi connectivity index (χ1) is 11.2. The molecule has 1 saturated carbocycles. The minimum absolute atomic E-state index is 0.00751. The van der Waals surface area contributed by atoms with Crippen molar-refractivity contribution in [2.75, 3.05) is 13.1 Å². The number of rotatable bonds is 6. The number of ketones is 1. The van der Waals surface area contributed by atoms with Gasteiger partial charge in [-0.1, -0.05) is 6.92 Å². The molecule has 11 heteroatoms. The largest absolute Gasteiger partial charge is 0.418 e. The lowest BCUT2D eigenvalue weighted by molar-refractivity contribution is -0.129. The minimum Gasteiger partial charge on any atom is -0.347 e. The van der Waals surface area contributed by atoms with Crippen LogP contribution in [0.25, 0.3) is 0 Å². The lowest BCUT2D eigenvalue weighted by Crippen LogP contribution is -2.50. The Balaban J connectivity index is 1.59. The smallest absolute Gasteiger partial charge is 0.347 e. The van der Waals surface area contributed by atoms with Crippen LogP contribution in [-0.4, -0.2) is 65.8 Å². The summed E-state index contributed by atoms with van der Waals surface area (Å²) in [5, 5.41) is 3.13. The van der Waals surface area contributed by atoms with Gasteiger partial charge in [0.05, 0.1) is 12.6 Å². The van der Waals surface area contributed by atoms with Crippen LogP contribution in [0.1, 0.15) is 26.2 Å². The summed E-state index contributed by atoms with van der Waals surface area (Å²) < 4.78 is 34.7. The number of Topliss-reactive ketones (excluding diaryl/α,β-unsaturated/α-hetero) is 1. The molecular formula is C13H19N3O7S. The molecule has 0 radical (unpaired) electrons. The highest BCUT2D eigenvalue weighted by molar-refractivity contribution is 7.80. The second-order valence-corrected chi connectivity index (χ2v) is 7.52. The molecule has 3 fully saturated rings. The van der Waals surface area contributed by atoms with Crippen LogP contribution in [0.3, 0.4) is 0 Å². The molecule has 2 unspecified atom stereocenters. The van der Waals surface area contributed by atoms with E-state index in [9.17, 15) is 22.8 Å². The summed E-state index contributed by atoms with van der Waals surface area (Å²) in [6.45, 7) is 2.03. The van der Waals surface area contributed by atoms with E-state index in [-0.39, 0.29) is 24.8 Å². The van der Waals surface area contributed by atoms with E-state index in [2.05, 4.69) is 9.60 Å². The zero-order valence-corrected chi connectivity index (χ0v) is 13.9. The molecule has 2 heterocycles. The van der Waals surface area contributed by atoms with Gasteiger partial charge in [-0.05, 0) is 25.2 Å². The second kappa shape index (κ2) is 5.97. The SMILES string of the molecule is CC1CC1C(=O)CNC(=O)[C@@H]1CC[C@@H]2CN1C(=O)N2OS(=O)(=O)O. The van der Waals surface area contributed by atoms with Gasteiger partial charge in [0.1, 0.15) is 6.04 Å². The lowest BCUT2D eigenvalue weighted by atomic mass is 10.0. The van der Waals surface area contributed by atoms with Crippen LogP contribution in [0, 0.1) is 11.8 Å². The van der Waals surface area contributed by atoms with Gasteiger partial charge in [0.2, 0.25) is 5.91 Å². The number of hydrogen-bond donors (Lipinski definition) is 2. The van der Waals surface area contributed by atoms with E-state index in [0.29, 0.717) is 23.8 Å². The molecule has 0 aromatic heterocycles. The van der Waals surface area contributed by atoms with Crippen molar-refractivity contribution < 1.29 is 31.6 Å². The van der Waals surface area contributed by atoms with Crippen LogP contribution < -0.4 is 5.32 Å². The Kier molecular flexibility index (Phi) is 4.26. The number of hydroxylamine groups is 2. The summed E-state index contributed by atoms with van der Waals surface area (Å²) in [7, 11) is -4.81. The van der Waals surface area contributed by atoms with Crippen molar-refractivity contribution in [3.8, 4) is 0 Å². The highest BCUT2D eigenvalue weighted by Crippen LogP contribution is 2.38. The summed E-state index contributed by atoms with van der Waals surface area (Å²) >= 11 is 0. The molecule has 0 spiro atoms. The molecule has 24 heavy (non-hydrogen) atoms. The van der Waals surface area contributed by atoms with Gasteiger partial charge in [0.25, 0.3) is 0 Å². The van der Waals surface area contributed by atoms with Crippen molar-refractivity contribution >= 4 is 28.1 Å². The number of hydrogen-bond acceptors (Lipinski definition) is 6. The van der Waals surface area contributed by atoms with E-state index in [1.54, 1.807) is 0 Å². The molecular weight excluding hydrogens is 342 g/mol. The second-order valence-electron chi connectivity index (χ2n) is 6.51. The Morgan fingerprint density at radius 1 is 1.38 bits per heavy atom. The lowest BCUT2D eigenvalue weighted by Gasteiger charge is -2.29. The molecule has 2 N–H and O–H groups in total. The van der Waals surface area contributed by atoms with Gasteiger partial charge in [-0.3, -0.25) is 14.1 Å². The first-order valence-corrected chi connectivity index (χ1v) is 9.11. The first kappa shape index (κ1) is 17.1. The molecule has 2 saturated heterocycles. The first-order valence-electron chi connectivity index (χ1n) is 7.74. The molecule has 3 aliphatic rings. The van der Waals surface area contributed by atoms with Gasteiger partial charge < -0.3 is 10.2 Å². The molecule has 2 bridgehead atoms. The van der Waals surface area contributed by atoms with Crippen molar-refractivity contribution in [2.24, 2.45) is 11.8 Å². The molecule has 0 aromatic rings. The number of nitrogens with zero attached hydrogens (tertiary/aromatic N) is 2. The zero-order chi connectivity index (χ0) is 17.6.